The summed E-state index contributed by atoms with van der Waals surface area (Å²) in [4.78, 5) is 4.42. The number of hydrogen-bond acceptors (Lipinski definition) is 4. The first-order valence-corrected chi connectivity index (χ1v) is 6.58. The van der Waals surface area contributed by atoms with Crippen LogP contribution in [0.15, 0.2) is 30.5 Å². The Hall–Kier alpha value is -1.81. The largest absolute Gasteiger partial charge is 0.497 e. The molecule has 1 aromatic carbocycles. The van der Waals surface area contributed by atoms with Crippen molar-refractivity contribution >= 4 is 16.6 Å². The molecule has 100 valence electrons. The second-order valence-electron chi connectivity index (χ2n) is 5.16. The number of aliphatic hydroxyl groups excluding tert-OH is 1. The number of pyridine rings is 1. The van der Waals surface area contributed by atoms with Gasteiger partial charge in [0.25, 0.3) is 0 Å². The van der Waals surface area contributed by atoms with Gasteiger partial charge in [-0.05, 0) is 42.8 Å². The maximum atomic E-state index is 9.56. The minimum Gasteiger partial charge on any atom is -0.497 e. The van der Waals surface area contributed by atoms with Crippen LogP contribution in [0.2, 0.25) is 0 Å². The fourth-order valence-electron chi connectivity index (χ4n) is 2.55. The van der Waals surface area contributed by atoms with Crippen molar-refractivity contribution in [3.8, 4) is 5.75 Å². The van der Waals surface area contributed by atoms with E-state index in [1.54, 1.807) is 13.3 Å². The fourth-order valence-corrected chi connectivity index (χ4v) is 2.55. The lowest BCUT2D eigenvalue weighted by molar-refractivity contribution is 0.144. The molecule has 0 bridgehead atoms. The number of hydrogen-bond donors (Lipinski definition) is 2. The molecule has 0 amide bonds. The molecule has 0 radical (unpaired) electrons. The zero-order valence-electron chi connectivity index (χ0n) is 11.0. The van der Waals surface area contributed by atoms with Crippen molar-refractivity contribution in [2.24, 2.45) is 0 Å². The Kier molecular flexibility index (Phi) is 3.03. The molecule has 3 rings (SSSR count). The molecular formula is C15H18N2O2. The molecule has 0 saturated heterocycles. The molecule has 0 spiro atoms. The highest BCUT2D eigenvalue weighted by Gasteiger charge is 2.36. The average Bonchev–Trinajstić information content (AvgIpc) is 2.42. The molecule has 0 unspecified atom stereocenters. The molecular weight excluding hydrogens is 240 g/mol. The van der Waals surface area contributed by atoms with Crippen molar-refractivity contribution in [1.82, 2.24) is 4.98 Å². The summed E-state index contributed by atoms with van der Waals surface area (Å²) >= 11 is 0. The molecule has 4 heteroatoms. The van der Waals surface area contributed by atoms with Gasteiger partial charge in [0.2, 0.25) is 0 Å². The van der Waals surface area contributed by atoms with Crippen LogP contribution >= 0.6 is 0 Å². The molecule has 4 nitrogen and oxygen atoms in total. The molecule has 1 aliphatic carbocycles. The average molecular weight is 258 g/mol. The maximum Gasteiger partial charge on any atom is 0.134 e. The molecule has 1 heterocycles. The molecule has 19 heavy (non-hydrogen) atoms. The molecule has 2 aromatic rings. The first kappa shape index (κ1) is 12.2. The monoisotopic (exact) mass is 258 g/mol. The van der Waals surface area contributed by atoms with Crippen LogP contribution in [0.25, 0.3) is 10.8 Å². The third-order valence-corrected chi connectivity index (χ3v) is 3.97. The molecule has 2 N–H and O–H groups in total. The number of rotatable bonds is 4. The van der Waals surface area contributed by atoms with Crippen molar-refractivity contribution in [2.45, 2.75) is 24.8 Å². The first-order valence-electron chi connectivity index (χ1n) is 6.58. The SMILES string of the molecule is COc1ccc2ccnc(NC3(CO)CCC3)c2c1. The predicted octanol–water partition coefficient (Wildman–Crippen LogP) is 2.57. The van der Waals surface area contributed by atoms with Crippen LogP contribution in [-0.4, -0.2) is 29.3 Å². The number of benzene rings is 1. The summed E-state index contributed by atoms with van der Waals surface area (Å²) in [5, 5.41) is 15.1. The van der Waals surface area contributed by atoms with Crippen LogP contribution in [0.4, 0.5) is 5.82 Å². The van der Waals surface area contributed by atoms with Crippen molar-refractivity contribution in [3.05, 3.63) is 30.5 Å². The van der Waals surface area contributed by atoms with E-state index in [9.17, 15) is 5.11 Å². The van der Waals surface area contributed by atoms with Gasteiger partial charge in [-0.15, -0.1) is 0 Å². The Morgan fingerprint density at radius 1 is 1.37 bits per heavy atom. The molecule has 0 aliphatic heterocycles. The van der Waals surface area contributed by atoms with Crippen LogP contribution in [0, 0.1) is 0 Å². The van der Waals surface area contributed by atoms with Crippen molar-refractivity contribution in [2.75, 3.05) is 19.0 Å². The van der Waals surface area contributed by atoms with Gasteiger partial charge in [0.15, 0.2) is 0 Å². The standard InChI is InChI=1S/C15H18N2O2/c1-19-12-4-3-11-5-8-16-14(13(11)9-12)17-15(10-18)6-2-7-15/h3-5,8-9,18H,2,6-7,10H2,1H3,(H,16,17). The lowest BCUT2D eigenvalue weighted by Gasteiger charge is -2.41. The number of ether oxygens (including phenoxy) is 1. The van der Waals surface area contributed by atoms with Gasteiger partial charge in [-0.25, -0.2) is 4.98 Å². The lowest BCUT2D eigenvalue weighted by Crippen LogP contribution is -2.48. The zero-order chi connectivity index (χ0) is 13.3. The normalized spacial score (nSPS) is 16.9. The summed E-state index contributed by atoms with van der Waals surface area (Å²) in [5.41, 5.74) is -0.190. The van der Waals surface area contributed by atoms with Crippen molar-refractivity contribution in [1.29, 1.82) is 0 Å². The summed E-state index contributed by atoms with van der Waals surface area (Å²) in [5.74, 6) is 1.64. The van der Waals surface area contributed by atoms with E-state index in [4.69, 9.17) is 4.74 Å². The summed E-state index contributed by atoms with van der Waals surface area (Å²) in [6.45, 7) is 0.148. The van der Waals surface area contributed by atoms with Gasteiger partial charge in [-0.1, -0.05) is 6.07 Å². The van der Waals surface area contributed by atoms with Crippen LogP contribution in [0.1, 0.15) is 19.3 Å². The van der Waals surface area contributed by atoms with E-state index in [-0.39, 0.29) is 12.1 Å². The minimum atomic E-state index is -0.190. The van der Waals surface area contributed by atoms with E-state index in [2.05, 4.69) is 10.3 Å². The highest BCUT2D eigenvalue weighted by Crippen LogP contribution is 2.36. The summed E-state index contributed by atoms with van der Waals surface area (Å²) in [6.07, 6.45) is 4.93. The van der Waals surface area contributed by atoms with Gasteiger partial charge in [0.05, 0.1) is 19.3 Å². The number of nitrogens with zero attached hydrogens (tertiary/aromatic N) is 1. The smallest absolute Gasteiger partial charge is 0.134 e. The topological polar surface area (TPSA) is 54.4 Å². The maximum absolute atomic E-state index is 9.56. The second-order valence-corrected chi connectivity index (χ2v) is 5.16. The van der Waals surface area contributed by atoms with Crippen molar-refractivity contribution in [3.63, 3.8) is 0 Å². The first-order chi connectivity index (χ1) is 9.26. The lowest BCUT2D eigenvalue weighted by atomic mass is 9.77. The Bertz CT molecular complexity index is 588. The highest BCUT2D eigenvalue weighted by atomic mass is 16.5. The van der Waals surface area contributed by atoms with E-state index in [0.717, 1.165) is 41.6 Å². The third-order valence-electron chi connectivity index (χ3n) is 3.97. The van der Waals surface area contributed by atoms with E-state index >= 15 is 0 Å². The molecule has 1 fully saturated rings. The Morgan fingerprint density at radius 3 is 2.84 bits per heavy atom. The van der Waals surface area contributed by atoms with Gasteiger partial charge >= 0.3 is 0 Å². The van der Waals surface area contributed by atoms with E-state index < -0.39 is 0 Å². The Morgan fingerprint density at radius 2 is 2.21 bits per heavy atom. The zero-order valence-corrected chi connectivity index (χ0v) is 11.0. The second kappa shape index (κ2) is 4.70. The van der Waals surface area contributed by atoms with Gasteiger partial charge in [-0.3, -0.25) is 0 Å². The number of aromatic nitrogens is 1. The van der Waals surface area contributed by atoms with Crippen LogP contribution in [0.5, 0.6) is 5.75 Å². The van der Waals surface area contributed by atoms with Gasteiger partial charge < -0.3 is 15.2 Å². The third kappa shape index (κ3) is 2.12. The number of nitrogens with one attached hydrogen (secondary N) is 1. The number of aliphatic hydroxyl groups is 1. The summed E-state index contributed by atoms with van der Waals surface area (Å²) in [7, 11) is 1.66. The van der Waals surface area contributed by atoms with E-state index in [0.29, 0.717) is 0 Å². The molecule has 1 aliphatic rings. The summed E-state index contributed by atoms with van der Waals surface area (Å²) < 4.78 is 5.27. The molecule has 0 atom stereocenters. The Balaban J connectivity index is 2.02. The minimum absolute atomic E-state index is 0.148. The van der Waals surface area contributed by atoms with Crippen molar-refractivity contribution < 1.29 is 9.84 Å². The quantitative estimate of drug-likeness (QED) is 0.885. The van der Waals surface area contributed by atoms with E-state index in [1.165, 1.54) is 0 Å². The van der Waals surface area contributed by atoms with Gasteiger partial charge in [0.1, 0.15) is 11.6 Å². The van der Waals surface area contributed by atoms with Gasteiger partial charge in [-0.2, -0.15) is 0 Å². The van der Waals surface area contributed by atoms with Crippen LogP contribution < -0.4 is 10.1 Å². The van der Waals surface area contributed by atoms with Crippen LogP contribution in [-0.2, 0) is 0 Å². The fraction of sp³-hybridized carbons (Fsp3) is 0.400. The molecule has 1 saturated carbocycles. The van der Waals surface area contributed by atoms with Crippen LogP contribution in [0.3, 0.4) is 0 Å². The summed E-state index contributed by atoms with van der Waals surface area (Å²) in [6, 6.07) is 7.92. The van der Waals surface area contributed by atoms with E-state index in [1.807, 2.05) is 24.3 Å². The number of fused-ring (bicyclic) bond motifs is 1. The highest BCUT2D eigenvalue weighted by molar-refractivity contribution is 5.93. The van der Waals surface area contributed by atoms with Gasteiger partial charge in [0, 0.05) is 11.6 Å². The number of methoxy groups -OCH3 is 1. The number of anilines is 1. The predicted molar refractivity (Wildman–Crippen MR) is 75.6 cm³/mol. The Labute approximate surface area is 112 Å². The molecule has 1 aromatic heterocycles.